The van der Waals surface area contributed by atoms with E-state index < -0.39 is 8.07 Å². The van der Waals surface area contributed by atoms with Crippen LogP contribution in [0.3, 0.4) is 0 Å². The van der Waals surface area contributed by atoms with E-state index in [1.54, 1.807) is 6.33 Å². The predicted octanol–water partition coefficient (Wildman–Crippen LogP) is 2.37. The molecule has 0 radical (unpaired) electrons. The molecule has 5 heteroatoms. The highest BCUT2D eigenvalue weighted by atomic mass is 28.3. The number of hydrogen-bond acceptors (Lipinski definition) is 3. The van der Waals surface area contributed by atoms with Crippen molar-refractivity contribution >= 4 is 13.3 Å². The summed E-state index contributed by atoms with van der Waals surface area (Å²) < 4.78 is 7.57. The van der Waals surface area contributed by atoms with Crippen LogP contribution in [0, 0.1) is 0 Å². The van der Waals surface area contributed by atoms with Crippen molar-refractivity contribution in [3.8, 4) is 5.75 Å². The average molecular weight is 287 g/mol. The molecule has 2 heterocycles. The smallest absolute Gasteiger partial charge is 0.137 e. The fourth-order valence-corrected chi connectivity index (χ4v) is 8.12. The van der Waals surface area contributed by atoms with Gasteiger partial charge in [-0.05, 0) is 19.1 Å². The van der Waals surface area contributed by atoms with E-state index in [-0.39, 0.29) is 0 Å². The highest BCUT2D eigenvalue weighted by Gasteiger charge is 2.38. The molecule has 0 atom stereocenters. The summed E-state index contributed by atoms with van der Waals surface area (Å²) in [5.41, 5.74) is 0. The first-order chi connectivity index (χ1) is 9.82. The highest BCUT2D eigenvalue weighted by molar-refractivity contribution is 6.91. The van der Waals surface area contributed by atoms with Crippen LogP contribution >= 0.6 is 0 Å². The summed E-state index contributed by atoms with van der Waals surface area (Å²) >= 11 is 0. The SMILES string of the molecule is CCOc1ccc([Si]2(Cn3cncn3)CCCC2)cc1. The topological polar surface area (TPSA) is 39.9 Å². The Morgan fingerprint density at radius 2 is 1.95 bits per heavy atom. The molecular weight excluding hydrogens is 266 g/mol. The van der Waals surface area contributed by atoms with Gasteiger partial charge < -0.3 is 4.74 Å². The first-order valence-electron chi connectivity index (χ1n) is 7.38. The zero-order chi connectivity index (χ0) is 13.8. The molecule has 1 aromatic carbocycles. The van der Waals surface area contributed by atoms with Crippen LogP contribution in [0.1, 0.15) is 19.8 Å². The van der Waals surface area contributed by atoms with Crippen molar-refractivity contribution in [2.24, 2.45) is 0 Å². The molecule has 3 rings (SSSR count). The van der Waals surface area contributed by atoms with Crippen LogP contribution in [0.5, 0.6) is 5.75 Å². The summed E-state index contributed by atoms with van der Waals surface area (Å²) in [7, 11) is -1.45. The van der Waals surface area contributed by atoms with Crippen LogP contribution in [-0.2, 0) is 6.17 Å². The van der Waals surface area contributed by atoms with Gasteiger partial charge in [0.1, 0.15) is 26.5 Å². The molecule has 0 unspecified atom stereocenters. The maximum absolute atomic E-state index is 5.55. The summed E-state index contributed by atoms with van der Waals surface area (Å²) in [6.45, 7) is 2.74. The lowest BCUT2D eigenvalue weighted by Crippen LogP contribution is -2.49. The second-order valence-electron chi connectivity index (χ2n) is 5.54. The molecule has 0 saturated carbocycles. The van der Waals surface area contributed by atoms with Gasteiger partial charge in [-0.1, -0.05) is 42.2 Å². The lowest BCUT2D eigenvalue weighted by Gasteiger charge is -2.27. The fraction of sp³-hybridized carbons (Fsp3) is 0.467. The van der Waals surface area contributed by atoms with Gasteiger partial charge >= 0.3 is 0 Å². The zero-order valence-corrected chi connectivity index (χ0v) is 13.0. The summed E-state index contributed by atoms with van der Waals surface area (Å²) in [5, 5.41) is 5.85. The third-order valence-electron chi connectivity index (χ3n) is 4.27. The molecule has 0 aliphatic carbocycles. The van der Waals surface area contributed by atoms with Crippen LogP contribution < -0.4 is 9.92 Å². The maximum atomic E-state index is 5.55. The van der Waals surface area contributed by atoms with E-state index in [1.807, 2.05) is 17.9 Å². The quantitative estimate of drug-likeness (QED) is 0.793. The third kappa shape index (κ3) is 2.63. The number of benzene rings is 1. The number of ether oxygens (including phenoxy) is 1. The number of aromatic nitrogens is 3. The summed E-state index contributed by atoms with van der Waals surface area (Å²) in [6.07, 6.45) is 7.25. The zero-order valence-electron chi connectivity index (χ0n) is 12.0. The van der Waals surface area contributed by atoms with Crippen molar-refractivity contribution in [1.29, 1.82) is 0 Å². The van der Waals surface area contributed by atoms with E-state index in [0.29, 0.717) is 0 Å². The Morgan fingerprint density at radius 1 is 1.20 bits per heavy atom. The molecule has 1 fully saturated rings. The summed E-state index contributed by atoms with van der Waals surface area (Å²) in [4.78, 5) is 4.08. The molecular formula is C15H21N3OSi. The van der Waals surface area contributed by atoms with Crippen molar-refractivity contribution < 1.29 is 4.74 Å². The van der Waals surface area contributed by atoms with Crippen molar-refractivity contribution in [2.45, 2.75) is 38.0 Å². The van der Waals surface area contributed by atoms with Crippen LogP contribution in [0.2, 0.25) is 12.1 Å². The van der Waals surface area contributed by atoms with Crippen LogP contribution in [-0.4, -0.2) is 29.4 Å². The van der Waals surface area contributed by atoms with Crippen molar-refractivity contribution in [3.05, 3.63) is 36.9 Å². The molecule has 0 spiro atoms. The fourth-order valence-electron chi connectivity index (χ4n) is 3.29. The summed E-state index contributed by atoms with van der Waals surface area (Å²) in [5.74, 6) is 0.971. The third-order valence-corrected chi connectivity index (χ3v) is 9.38. The van der Waals surface area contributed by atoms with Gasteiger partial charge in [-0.15, -0.1) is 0 Å². The average Bonchev–Trinajstić information content (AvgIpc) is 3.13. The van der Waals surface area contributed by atoms with Gasteiger partial charge in [0.25, 0.3) is 0 Å². The lowest BCUT2D eigenvalue weighted by atomic mass is 10.3. The van der Waals surface area contributed by atoms with Gasteiger partial charge in [-0.25, -0.2) is 4.98 Å². The van der Waals surface area contributed by atoms with Crippen molar-refractivity contribution in [2.75, 3.05) is 6.61 Å². The molecule has 1 aliphatic rings. The maximum Gasteiger partial charge on any atom is 0.137 e. The Balaban J connectivity index is 1.86. The van der Waals surface area contributed by atoms with E-state index in [0.717, 1.165) is 18.5 Å². The highest BCUT2D eigenvalue weighted by Crippen LogP contribution is 2.31. The van der Waals surface area contributed by atoms with Gasteiger partial charge in [0, 0.05) is 6.17 Å². The molecule has 1 aromatic heterocycles. The predicted molar refractivity (Wildman–Crippen MR) is 81.9 cm³/mol. The Morgan fingerprint density at radius 3 is 2.55 bits per heavy atom. The van der Waals surface area contributed by atoms with Crippen LogP contribution in [0.25, 0.3) is 0 Å². The molecule has 2 aromatic rings. The number of nitrogens with zero attached hydrogens (tertiary/aromatic N) is 3. The molecule has 1 aliphatic heterocycles. The minimum atomic E-state index is -1.45. The van der Waals surface area contributed by atoms with Crippen LogP contribution in [0.4, 0.5) is 0 Å². The number of hydrogen-bond donors (Lipinski definition) is 0. The Labute approximate surface area is 120 Å². The Kier molecular flexibility index (Phi) is 3.87. The van der Waals surface area contributed by atoms with Gasteiger partial charge in [0.2, 0.25) is 0 Å². The minimum absolute atomic E-state index is 0.723. The van der Waals surface area contributed by atoms with Gasteiger partial charge in [-0.3, -0.25) is 4.68 Å². The van der Waals surface area contributed by atoms with E-state index in [1.165, 1.54) is 30.1 Å². The normalized spacial score (nSPS) is 17.2. The first kappa shape index (κ1) is 13.4. The molecule has 20 heavy (non-hydrogen) atoms. The first-order valence-corrected chi connectivity index (χ1v) is 10.0. The second-order valence-corrected chi connectivity index (χ2v) is 9.99. The largest absolute Gasteiger partial charge is 0.494 e. The molecule has 0 bridgehead atoms. The van der Waals surface area contributed by atoms with E-state index in [9.17, 15) is 0 Å². The molecule has 4 nitrogen and oxygen atoms in total. The van der Waals surface area contributed by atoms with E-state index in [4.69, 9.17) is 4.74 Å². The van der Waals surface area contributed by atoms with Gasteiger partial charge in [0.15, 0.2) is 0 Å². The van der Waals surface area contributed by atoms with Crippen LogP contribution in [0.15, 0.2) is 36.9 Å². The Hall–Kier alpha value is -1.62. The lowest BCUT2D eigenvalue weighted by molar-refractivity contribution is 0.340. The Bertz CT molecular complexity index is 533. The molecule has 0 N–H and O–H groups in total. The monoisotopic (exact) mass is 287 g/mol. The standard InChI is InChI=1S/C15H21N3OSi/c1-2-19-14-5-7-15(8-6-14)20(9-3-4-10-20)13-18-12-16-11-17-18/h5-8,11-12H,2-4,9-10,13H2,1H3. The molecule has 0 amide bonds. The number of rotatable bonds is 5. The second kappa shape index (κ2) is 5.79. The molecule has 106 valence electrons. The molecule has 1 saturated heterocycles. The minimum Gasteiger partial charge on any atom is -0.494 e. The summed E-state index contributed by atoms with van der Waals surface area (Å²) in [6, 6.07) is 11.5. The van der Waals surface area contributed by atoms with E-state index >= 15 is 0 Å². The van der Waals surface area contributed by atoms with Crippen molar-refractivity contribution in [1.82, 2.24) is 14.8 Å². The van der Waals surface area contributed by atoms with E-state index in [2.05, 4.69) is 34.3 Å². The van der Waals surface area contributed by atoms with Gasteiger partial charge in [-0.2, -0.15) is 5.10 Å². The van der Waals surface area contributed by atoms with Gasteiger partial charge in [0.05, 0.1) is 6.61 Å². The van der Waals surface area contributed by atoms with Crippen molar-refractivity contribution in [3.63, 3.8) is 0 Å².